The fourth-order valence-electron chi connectivity index (χ4n) is 0. The molecule has 39 valence electrons. The Balaban J connectivity index is -0.00000000167. The first kappa shape index (κ1) is 28.7. The average molecular weight is 223 g/mol. The van der Waals surface area contributed by atoms with Gasteiger partial charge in [0.05, 0.1) is 0 Å². The Labute approximate surface area is 70.5 Å². The minimum atomic E-state index is 0. The van der Waals surface area contributed by atoms with Gasteiger partial charge in [0.2, 0.25) is 0 Å². The molecule has 0 heterocycles. The van der Waals surface area contributed by atoms with Crippen molar-refractivity contribution < 1.29 is 53.6 Å². The van der Waals surface area contributed by atoms with Crippen LogP contribution in [-0.2, 0) is 53.6 Å². The first-order chi connectivity index (χ1) is 1.00. The van der Waals surface area contributed by atoms with Crippen LogP contribution in [0.3, 0.4) is 0 Å². The molecule has 0 fully saturated rings. The molecule has 5 heteroatoms. The monoisotopic (exact) mass is 223 g/mol. The third kappa shape index (κ3) is 25.1. The maximum atomic E-state index is 8.06. The second-order valence-corrected chi connectivity index (χ2v) is 0. The van der Waals surface area contributed by atoms with Crippen molar-refractivity contribution in [2.75, 3.05) is 0 Å². The van der Waals surface area contributed by atoms with E-state index >= 15 is 0 Å². The molecule has 0 aliphatic heterocycles. The van der Waals surface area contributed by atoms with Crippen LogP contribution in [-0.4, -0.2) is 17.4 Å². The van der Waals surface area contributed by atoms with Crippen LogP contribution in [0.15, 0.2) is 0 Å². The summed E-state index contributed by atoms with van der Waals surface area (Å²) >= 11 is 1.69. The van der Waals surface area contributed by atoms with Crippen LogP contribution in [0.5, 0.6) is 0 Å². The predicted octanol–water partition coefficient (Wildman–Crippen LogP) is -1.31. The van der Waals surface area contributed by atoms with Crippen LogP contribution in [0.25, 0.3) is 0 Å². The van der Waals surface area contributed by atoms with Gasteiger partial charge in [-0.25, -0.2) is 0 Å². The van der Waals surface area contributed by atoms with E-state index in [0.717, 1.165) is 0 Å². The molecule has 0 saturated carbocycles. The molecule has 0 aromatic carbocycles. The molecule has 2 radical (unpaired) electrons. The van der Waals surface area contributed by atoms with Gasteiger partial charge in [-0.05, 0) is 0 Å². The van der Waals surface area contributed by atoms with Gasteiger partial charge in [0.25, 0.3) is 0 Å². The van der Waals surface area contributed by atoms with Crippen molar-refractivity contribution in [3.8, 4) is 0 Å². The van der Waals surface area contributed by atoms with E-state index in [1.165, 1.54) is 0 Å². The minimum absolute atomic E-state index is 0. The normalized spacial score (nSPS) is 0.800. The molecule has 0 rings (SSSR count). The van der Waals surface area contributed by atoms with Gasteiger partial charge in [0.15, 0.2) is 17.4 Å². The summed E-state index contributed by atoms with van der Waals surface area (Å²) in [6.07, 6.45) is 0. The summed E-state index contributed by atoms with van der Waals surface area (Å²) in [7, 11) is 0. The van der Waals surface area contributed by atoms with Crippen molar-refractivity contribution in [3.63, 3.8) is 0 Å². The summed E-state index contributed by atoms with van der Waals surface area (Å²) in [5, 5.41) is 0. The number of rotatable bonds is 0. The molecule has 0 aromatic rings. The molecule has 0 N–H and O–H groups in total. The van der Waals surface area contributed by atoms with Gasteiger partial charge in [-0.1, -0.05) is 0 Å². The fourth-order valence-corrected chi connectivity index (χ4v) is 0. The topological polar surface area (TPSA) is 17.1 Å². The molecular formula is H3AlCoCuMnO. The van der Waals surface area contributed by atoms with Crippen LogP contribution < -0.4 is 0 Å². The Bertz CT molecular complexity index is 11.6. The van der Waals surface area contributed by atoms with Gasteiger partial charge in [0, 0.05) is 33.8 Å². The maximum absolute atomic E-state index is 8.06. The molecule has 0 aromatic heterocycles. The molecule has 0 bridgehead atoms. The molecule has 0 aliphatic rings. The van der Waals surface area contributed by atoms with E-state index in [0.29, 0.717) is 0 Å². The number of hydrogen-bond donors (Lipinski definition) is 0. The molecule has 0 saturated heterocycles. The Morgan fingerprint density at radius 3 is 1.20 bits per heavy atom. The zero-order valence-electron chi connectivity index (χ0n) is 1.42. The van der Waals surface area contributed by atoms with Crippen LogP contribution in [0, 0.1) is 0 Å². The zero-order valence-corrected chi connectivity index (χ0v) is 4.58. The Morgan fingerprint density at radius 2 is 1.20 bits per heavy atom. The van der Waals surface area contributed by atoms with Gasteiger partial charge in [-0.3, -0.25) is 0 Å². The number of hydrogen-bond acceptors (Lipinski definition) is 1. The van der Waals surface area contributed by atoms with Crippen LogP contribution in [0.2, 0.25) is 0 Å². The van der Waals surface area contributed by atoms with E-state index in [-0.39, 0.29) is 51.2 Å². The van der Waals surface area contributed by atoms with E-state index in [2.05, 4.69) is 0 Å². The molecule has 0 amide bonds. The van der Waals surface area contributed by atoms with Crippen molar-refractivity contribution in [2.24, 2.45) is 0 Å². The van der Waals surface area contributed by atoms with E-state index in [4.69, 9.17) is 3.83 Å². The zero-order chi connectivity index (χ0) is 2.00. The molecule has 0 spiro atoms. The Kier molecular flexibility index (Phi) is 228. The van der Waals surface area contributed by atoms with Crippen molar-refractivity contribution in [3.05, 3.63) is 0 Å². The van der Waals surface area contributed by atoms with Gasteiger partial charge >= 0.3 is 19.8 Å². The molecule has 1 nitrogen and oxygen atoms in total. The molecule has 0 aliphatic carbocycles. The summed E-state index contributed by atoms with van der Waals surface area (Å²) in [4.78, 5) is 0. The predicted molar refractivity (Wildman–Crippen MR) is 10.6 cm³/mol. The molecule has 0 unspecified atom stereocenters. The van der Waals surface area contributed by atoms with Gasteiger partial charge < -0.3 is 0 Å². The average Bonchev–Trinajstić information content (AvgIpc) is 1.00. The van der Waals surface area contributed by atoms with Crippen LogP contribution in [0.4, 0.5) is 0 Å². The Morgan fingerprint density at radius 1 is 1.20 bits per heavy atom. The van der Waals surface area contributed by atoms with Crippen LogP contribution >= 0.6 is 0 Å². The van der Waals surface area contributed by atoms with E-state index < -0.39 is 0 Å². The summed E-state index contributed by atoms with van der Waals surface area (Å²) in [6, 6.07) is 0. The summed E-state index contributed by atoms with van der Waals surface area (Å²) in [5.74, 6) is 0. The third-order valence-corrected chi connectivity index (χ3v) is 0. The summed E-state index contributed by atoms with van der Waals surface area (Å²) in [6.45, 7) is 0. The van der Waals surface area contributed by atoms with Gasteiger partial charge in [-0.2, -0.15) is 0 Å². The Hall–Kier alpha value is 1.88. The fraction of sp³-hybridized carbons (Fsp3) is 0. The second-order valence-electron chi connectivity index (χ2n) is 0. The van der Waals surface area contributed by atoms with Crippen LogP contribution in [0.1, 0.15) is 0 Å². The summed E-state index contributed by atoms with van der Waals surface area (Å²) in [5.41, 5.74) is 0. The van der Waals surface area contributed by atoms with E-state index in [1.54, 1.807) is 15.9 Å². The first-order valence-electron chi connectivity index (χ1n) is 0.154. The van der Waals surface area contributed by atoms with Gasteiger partial charge in [0.1, 0.15) is 0 Å². The molecule has 0 atom stereocenters. The molecular weight excluding hydrogens is 220 g/mol. The third-order valence-electron chi connectivity index (χ3n) is 0. The second kappa shape index (κ2) is 39.7. The first-order valence-corrected chi connectivity index (χ1v) is 0.636. The van der Waals surface area contributed by atoms with Crippen molar-refractivity contribution >= 4 is 17.4 Å². The quantitative estimate of drug-likeness (QED) is 0.466. The van der Waals surface area contributed by atoms with E-state index in [1.807, 2.05) is 0 Å². The SMILES string of the molecule is [AlH3].[Co].[Cu].[O]=[Mn]. The van der Waals surface area contributed by atoms with Gasteiger partial charge in [-0.15, -0.1) is 0 Å². The standard InChI is InChI=1S/Al.Co.Cu.Mn.O.3H. The molecule has 5 heavy (non-hydrogen) atoms. The van der Waals surface area contributed by atoms with E-state index in [9.17, 15) is 0 Å². The summed E-state index contributed by atoms with van der Waals surface area (Å²) < 4.78 is 8.06. The van der Waals surface area contributed by atoms with Crippen molar-refractivity contribution in [1.29, 1.82) is 0 Å². The van der Waals surface area contributed by atoms with Crippen molar-refractivity contribution in [2.45, 2.75) is 0 Å². The van der Waals surface area contributed by atoms with Crippen molar-refractivity contribution in [1.82, 2.24) is 0 Å².